The van der Waals surface area contributed by atoms with Gasteiger partial charge in [-0.2, -0.15) is 0 Å². The van der Waals surface area contributed by atoms with Gasteiger partial charge in [0.2, 0.25) is 0 Å². The summed E-state index contributed by atoms with van der Waals surface area (Å²) in [5.41, 5.74) is 0.947. The zero-order chi connectivity index (χ0) is 27.9. The molecule has 9 nitrogen and oxygen atoms in total. The highest BCUT2D eigenvalue weighted by atomic mass is 35.5. The molecule has 0 radical (unpaired) electrons. The van der Waals surface area contributed by atoms with E-state index >= 15 is 0 Å². The Bertz CT molecular complexity index is 1310. The van der Waals surface area contributed by atoms with Crippen molar-refractivity contribution in [1.82, 2.24) is 14.8 Å². The largest absolute Gasteiger partial charge is 0.490 e. The summed E-state index contributed by atoms with van der Waals surface area (Å²) in [5, 5.41) is 9.06. The Hall–Kier alpha value is -2.44. The van der Waals surface area contributed by atoms with Crippen molar-refractivity contribution < 1.29 is 19.1 Å². The fourth-order valence-electron chi connectivity index (χ4n) is 3.96. The van der Waals surface area contributed by atoms with E-state index in [1.807, 2.05) is 5.38 Å². The van der Waals surface area contributed by atoms with Crippen molar-refractivity contribution in [2.75, 3.05) is 64.2 Å². The number of nitrogens with one attached hydrogen (secondary N) is 2. The molecule has 4 rings (SSSR count). The van der Waals surface area contributed by atoms with Crippen molar-refractivity contribution in [1.29, 1.82) is 0 Å². The van der Waals surface area contributed by atoms with Crippen LogP contribution in [-0.4, -0.2) is 80.1 Å². The fourth-order valence-corrected chi connectivity index (χ4v) is 5.48. The number of nitrogens with zero attached hydrogens (tertiary/aromatic N) is 3. The highest BCUT2D eigenvalue weighted by Crippen LogP contribution is 2.36. The van der Waals surface area contributed by atoms with Crippen LogP contribution in [-0.2, 0) is 11.3 Å². The van der Waals surface area contributed by atoms with Gasteiger partial charge in [-0.25, -0.2) is 4.98 Å². The molecule has 1 aliphatic heterocycles. The van der Waals surface area contributed by atoms with Crippen LogP contribution in [0.2, 0.25) is 15.1 Å². The van der Waals surface area contributed by atoms with Crippen molar-refractivity contribution in [3.63, 3.8) is 0 Å². The maximum atomic E-state index is 13.6. The van der Waals surface area contributed by atoms with E-state index in [0.717, 1.165) is 31.7 Å². The number of pyridine rings is 1. The Morgan fingerprint density at radius 2 is 1.79 bits per heavy atom. The Kier molecular flexibility index (Phi) is 10.4. The first-order chi connectivity index (χ1) is 18.7. The molecule has 13 heteroatoms. The van der Waals surface area contributed by atoms with Crippen LogP contribution in [0.25, 0.3) is 0 Å². The van der Waals surface area contributed by atoms with Crippen LogP contribution < -0.4 is 15.4 Å². The first-order valence-corrected chi connectivity index (χ1v) is 14.1. The van der Waals surface area contributed by atoms with Crippen LogP contribution in [0, 0.1) is 0 Å². The number of halogens is 3. The van der Waals surface area contributed by atoms with Gasteiger partial charge in [0.05, 0.1) is 27.8 Å². The average molecular weight is 613 g/mol. The smallest absolute Gasteiger partial charge is 0.260 e. The van der Waals surface area contributed by atoms with Gasteiger partial charge in [0.1, 0.15) is 23.2 Å². The first kappa shape index (κ1) is 29.5. The molecule has 39 heavy (non-hydrogen) atoms. The summed E-state index contributed by atoms with van der Waals surface area (Å²) in [7, 11) is 3.64. The topological polar surface area (TPSA) is 96.0 Å². The maximum absolute atomic E-state index is 13.6. The molecule has 0 aliphatic carbocycles. The minimum Gasteiger partial charge on any atom is -0.490 e. The molecular formula is C26H28Cl3N5O4S. The van der Waals surface area contributed by atoms with Crippen molar-refractivity contribution >= 4 is 68.8 Å². The highest BCUT2D eigenvalue weighted by Gasteiger charge is 2.26. The van der Waals surface area contributed by atoms with Crippen LogP contribution in [0.4, 0.5) is 10.8 Å². The van der Waals surface area contributed by atoms with Gasteiger partial charge in [-0.3, -0.25) is 14.5 Å². The average Bonchev–Trinajstić information content (AvgIpc) is 3.24. The molecule has 208 valence electrons. The molecule has 2 amide bonds. The third-order valence-electron chi connectivity index (χ3n) is 6.07. The van der Waals surface area contributed by atoms with Crippen molar-refractivity contribution in [3.05, 3.63) is 67.6 Å². The SMILES string of the molecule is COCCOc1cc(Cl)cc(C(=O)Nc2ccc(Cl)cn2)c1C(=O)Nc1scc(CN2CCN(C)CC2)c1Cl. The zero-order valence-corrected chi connectivity index (χ0v) is 24.5. The number of rotatable bonds is 10. The molecule has 1 aliphatic rings. The van der Waals surface area contributed by atoms with E-state index in [1.54, 1.807) is 12.1 Å². The van der Waals surface area contributed by atoms with Gasteiger partial charge in [0.15, 0.2) is 0 Å². The number of benzene rings is 1. The quantitative estimate of drug-likeness (QED) is 0.297. The molecule has 1 aromatic carbocycles. The molecule has 1 fully saturated rings. The molecule has 0 spiro atoms. The van der Waals surface area contributed by atoms with Crippen LogP contribution in [0.1, 0.15) is 26.3 Å². The fraction of sp³-hybridized carbons (Fsp3) is 0.346. The summed E-state index contributed by atoms with van der Waals surface area (Å²) in [4.78, 5) is 35.6. The highest BCUT2D eigenvalue weighted by molar-refractivity contribution is 7.15. The van der Waals surface area contributed by atoms with Crippen molar-refractivity contribution in [3.8, 4) is 5.75 Å². The van der Waals surface area contributed by atoms with E-state index < -0.39 is 11.8 Å². The second kappa shape index (κ2) is 13.8. The van der Waals surface area contributed by atoms with E-state index in [2.05, 4.69) is 32.5 Å². The lowest BCUT2D eigenvalue weighted by Gasteiger charge is -2.32. The number of hydrogen-bond acceptors (Lipinski definition) is 8. The Morgan fingerprint density at radius 3 is 2.49 bits per heavy atom. The Balaban J connectivity index is 1.59. The van der Waals surface area contributed by atoms with E-state index in [4.69, 9.17) is 44.3 Å². The van der Waals surface area contributed by atoms with Gasteiger partial charge >= 0.3 is 0 Å². The summed E-state index contributed by atoms with van der Waals surface area (Å²) >= 11 is 20.2. The van der Waals surface area contributed by atoms with E-state index in [-0.39, 0.29) is 40.9 Å². The van der Waals surface area contributed by atoms with Crippen LogP contribution >= 0.6 is 46.1 Å². The molecule has 1 saturated heterocycles. The first-order valence-electron chi connectivity index (χ1n) is 12.1. The Labute approximate surface area is 245 Å². The Morgan fingerprint density at radius 1 is 1.03 bits per heavy atom. The number of hydrogen-bond donors (Lipinski definition) is 2. The number of methoxy groups -OCH3 is 1. The van der Waals surface area contributed by atoms with E-state index in [1.165, 1.54) is 36.8 Å². The molecule has 0 atom stereocenters. The van der Waals surface area contributed by atoms with E-state index in [0.29, 0.717) is 21.6 Å². The van der Waals surface area contributed by atoms with Crippen molar-refractivity contribution in [2.45, 2.75) is 6.54 Å². The van der Waals surface area contributed by atoms with Gasteiger partial charge in [-0.1, -0.05) is 34.8 Å². The lowest BCUT2D eigenvalue weighted by atomic mass is 10.0. The minimum absolute atomic E-state index is 0.00653. The number of likely N-dealkylation sites (N-methyl/N-ethyl adjacent to an activating group) is 1. The van der Waals surface area contributed by atoms with Crippen molar-refractivity contribution in [2.24, 2.45) is 0 Å². The number of ether oxygens (including phenoxy) is 2. The molecule has 2 N–H and O–H groups in total. The van der Waals surface area contributed by atoms with Gasteiger partial charge in [-0.05, 0) is 42.3 Å². The van der Waals surface area contributed by atoms with E-state index in [9.17, 15) is 9.59 Å². The summed E-state index contributed by atoms with van der Waals surface area (Å²) in [6.45, 7) is 4.97. The standard InChI is InChI=1S/C26H28Cl3N5O4S/c1-33-5-7-34(8-6-33)14-16-15-39-26(23(16)29)32-25(36)22-19(11-18(28)12-20(22)38-10-9-37-2)24(35)31-21-4-3-17(27)13-30-21/h3-4,11-13,15H,5-10,14H2,1-2H3,(H,32,36)(H,30,31,35). The summed E-state index contributed by atoms with van der Waals surface area (Å²) < 4.78 is 10.9. The van der Waals surface area contributed by atoms with Crippen LogP contribution in [0.3, 0.4) is 0 Å². The number of aromatic nitrogens is 1. The lowest BCUT2D eigenvalue weighted by molar-refractivity contribution is 0.0984. The van der Waals surface area contributed by atoms with Gasteiger partial charge in [0.25, 0.3) is 11.8 Å². The molecule has 2 aromatic heterocycles. The molecule has 3 heterocycles. The lowest BCUT2D eigenvalue weighted by Crippen LogP contribution is -2.43. The molecule has 0 saturated carbocycles. The summed E-state index contributed by atoms with van der Waals surface area (Å²) in [5.74, 6) is -0.769. The monoisotopic (exact) mass is 611 g/mol. The summed E-state index contributed by atoms with van der Waals surface area (Å²) in [6, 6.07) is 6.03. The number of thiophene rings is 1. The normalized spacial score (nSPS) is 14.3. The zero-order valence-electron chi connectivity index (χ0n) is 21.4. The second-order valence-corrected chi connectivity index (χ2v) is 11.1. The third-order valence-corrected chi connectivity index (χ3v) is 8.00. The third kappa shape index (κ3) is 7.82. The number of piperazine rings is 1. The van der Waals surface area contributed by atoms with Gasteiger partial charge in [-0.15, -0.1) is 11.3 Å². The molecular weight excluding hydrogens is 585 g/mol. The van der Waals surface area contributed by atoms with Crippen LogP contribution in [0.5, 0.6) is 5.75 Å². The van der Waals surface area contributed by atoms with Crippen LogP contribution in [0.15, 0.2) is 35.8 Å². The number of carbonyl (C=O) groups is 2. The number of carbonyl (C=O) groups excluding carboxylic acids is 2. The minimum atomic E-state index is -0.595. The van der Waals surface area contributed by atoms with Gasteiger partial charge < -0.3 is 25.0 Å². The number of amides is 2. The molecule has 0 bridgehead atoms. The number of anilines is 2. The predicted molar refractivity (Wildman–Crippen MR) is 156 cm³/mol. The summed E-state index contributed by atoms with van der Waals surface area (Å²) in [6.07, 6.45) is 1.40. The maximum Gasteiger partial charge on any atom is 0.260 e. The second-order valence-electron chi connectivity index (χ2n) is 8.92. The molecule has 0 unspecified atom stereocenters. The van der Waals surface area contributed by atoms with Gasteiger partial charge in [0, 0.05) is 51.1 Å². The predicted octanol–water partition coefficient (Wildman–Crippen LogP) is 5.38. The molecule has 3 aromatic rings.